The standard InChI is InChI=1S/C18H20F3N3O3/c19-18(20,21)12-6-2-4-8-14(12)22-16(25)10-27-17(26)9-15-11-5-1-3-7-13(11)23-24-15/h1,3,5,7,12,14H,2,4,6,8-10H2,(H,22,25)(H,23,24)/t12-,14+/m1/s1. The molecule has 2 atom stereocenters. The van der Waals surface area contributed by atoms with Gasteiger partial charge in [0.25, 0.3) is 5.91 Å². The highest BCUT2D eigenvalue weighted by Crippen LogP contribution is 2.37. The lowest BCUT2D eigenvalue weighted by atomic mass is 9.84. The maximum Gasteiger partial charge on any atom is 0.393 e. The van der Waals surface area contributed by atoms with E-state index in [9.17, 15) is 22.8 Å². The molecule has 0 spiro atoms. The smallest absolute Gasteiger partial charge is 0.393 e. The zero-order valence-electron chi connectivity index (χ0n) is 14.5. The highest BCUT2D eigenvalue weighted by Gasteiger charge is 2.45. The number of alkyl halides is 3. The first kappa shape index (κ1) is 19.2. The molecule has 3 rings (SSSR count). The Labute approximate surface area is 153 Å². The Hall–Kier alpha value is -2.58. The molecule has 0 bridgehead atoms. The Morgan fingerprint density at radius 2 is 1.96 bits per heavy atom. The van der Waals surface area contributed by atoms with Gasteiger partial charge in [0.15, 0.2) is 6.61 Å². The molecule has 27 heavy (non-hydrogen) atoms. The van der Waals surface area contributed by atoms with Gasteiger partial charge in [-0.15, -0.1) is 0 Å². The van der Waals surface area contributed by atoms with Gasteiger partial charge in [0.05, 0.1) is 23.5 Å². The Kier molecular flexibility index (Phi) is 5.67. The second-order valence-electron chi connectivity index (χ2n) is 6.66. The maximum absolute atomic E-state index is 13.0. The third-order valence-electron chi connectivity index (χ3n) is 4.76. The van der Waals surface area contributed by atoms with E-state index in [4.69, 9.17) is 4.74 Å². The van der Waals surface area contributed by atoms with Crippen LogP contribution in [0.3, 0.4) is 0 Å². The Morgan fingerprint density at radius 1 is 1.22 bits per heavy atom. The topological polar surface area (TPSA) is 84.1 Å². The van der Waals surface area contributed by atoms with Crippen LogP contribution in [-0.4, -0.2) is 40.9 Å². The van der Waals surface area contributed by atoms with E-state index in [2.05, 4.69) is 15.5 Å². The van der Waals surface area contributed by atoms with Crippen LogP contribution in [0.4, 0.5) is 13.2 Å². The SMILES string of the molecule is O=C(COC(=O)Cc1[nH]nc2ccccc12)N[C@H]1CCCC[C@H]1C(F)(F)F. The van der Waals surface area contributed by atoms with Crippen LogP contribution in [0, 0.1) is 5.92 Å². The summed E-state index contributed by atoms with van der Waals surface area (Å²) in [4.78, 5) is 23.9. The lowest BCUT2D eigenvalue weighted by Crippen LogP contribution is -2.48. The minimum absolute atomic E-state index is 0.00112. The van der Waals surface area contributed by atoms with E-state index in [1.165, 1.54) is 0 Å². The second kappa shape index (κ2) is 7.98. The van der Waals surface area contributed by atoms with Crippen molar-refractivity contribution < 1.29 is 27.5 Å². The van der Waals surface area contributed by atoms with E-state index in [-0.39, 0.29) is 19.3 Å². The van der Waals surface area contributed by atoms with Crippen LogP contribution in [0.5, 0.6) is 0 Å². The molecule has 6 nitrogen and oxygen atoms in total. The van der Waals surface area contributed by atoms with Gasteiger partial charge < -0.3 is 10.1 Å². The number of ether oxygens (including phenoxy) is 1. The molecular formula is C18H20F3N3O3. The van der Waals surface area contributed by atoms with Crippen LogP contribution in [0.2, 0.25) is 0 Å². The molecule has 1 aromatic carbocycles. The van der Waals surface area contributed by atoms with Crippen molar-refractivity contribution >= 4 is 22.8 Å². The zero-order chi connectivity index (χ0) is 19.4. The van der Waals surface area contributed by atoms with Crippen molar-refractivity contribution in [1.29, 1.82) is 0 Å². The number of nitrogens with one attached hydrogen (secondary N) is 2. The molecule has 146 valence electrons. The molecule has 0 radical (unpaired) electrons. The van der Waals surface area contributed by atoms with Gasteiger partial charge in [0.2, 0.25) is 0 Å². The summed E-state index contributed by atoms with van der Waals surface area (Å²) in [6.45, 7) is -0.605. The molecule has 1 fully saturated rings. The maximum atomic E-state index is 13.0. The van der Waals surface area contributed by atoms with Gasteiger partial charge in [-0.1, -0.05) is 31.0 Å². The van der Waals surface area contributed by atoms with Crippen molar-refractivity contribution in [3.8, 4) is 0 Å². The van der Waals surface area contributed by atoms with Crippen LogP contribution in [0.25, 0.3) is 10.9 Å². The molecule has 2 aromatic rings. The van der Waals surface area contributed by atoms with E-state index in [0.29, 0.717) is 24.1 Å². The molecule has 2 N–H and O–H groups in total. The number of aromatic amines is 1. The molecule has 1 saturated carbocycles. The molecule has 9 heteroatoms. The average molecular weight is 383 g/mol. The summed E-state index contributed by atoms with van der Waals surface area (Å²) >= 11 is 0. The van der Waals surface area contributed by atoms with E-state index >= 15 is 0 Å². The van der Waals surface area contributed by atoms with Crippen LogP contribution >= 0.6 is 0 Å². The number of hydrogen-bond acceptors (Lipinski definition) is 4. The Balaban J connectivity index is 1.50. The monoisotopic (exact) mass is 383 g/mol. The summed E-state index contributed by atoms with van der Waals surface area (Å²) in [6.07, 6.45) is -3.07. The minimum Gasteiger partial charge on any atom is -0.455 e. The molecule has 1 aliphatic rings. The van der Waals surface area contributed by atoms with Gasteiger partial charge in [0.1, 0.15) is 0 Å². The van der Waals surface area contributed by atoms with Crippen molar-refractivity contribution in [2.24, 2.45) is 5.92 Å². The number of hydrogen-bond donors (Lipinski definition) is 2. The molecule has 1 aromatic heterocycles. The van der Waals surface area contributed by atoms with Crippen molar-refractivity contribution in [3.63, 3.8) is 0 Å². The Bertz CT molecular complexity index is 819. The van der Waals surface area contributed by atoms with Crippen LogP contribution in [-0.2, 0) is 20.7 Å². The molecule has 0 unspecified atom stereocenters. The number of carbonyl (C=O) groups is 2. The predicted octanol–water partition coefficient (Wildman–Crippen LogP) is 2.89. The van der Waals surface area contributed by atoms with Crippen LogP contribution in [0.15, 0.2) is 24.3 Å². The van der Waals surface area contributed by atoms with Gasteiger partial charge in [-0.25, -0.2) is 0 Å². The number of esters is 1. The van der Waals surface area contributed by atoms with Crippen molar-refractivity contribution in [3.05, 3.63) is 30.0 Å². The molecule has 1 amide bonds. The number of H-pyrrole nitrogens is 1. The normalized spacial score (nSPS) is 20.4. The number of nitrogens with zero attached hydrogens (tertiary/aromatic N) is 1. The van der Waals surface area contributed by atoms with E-state index < -0.39 is 36.6 Å². The highest BCUT2D eigenvalue weighted by atomic mass is 19.4. The highest BCUT2D eigenvalue weighted by molar-refractivity contribution is 5.86. The molecule has 0 saturated heterocycles. The average Bonchev–Trinajstić information content (AvgIpc) is 3.03. The largest absolute Gasteiger partial charge is 0.455 e. The molecule has 1 heterocycles. The van der Waals surface area contributed by atoms with Crippen molar-refractivity contribution in [2.75, 3.05) is 6.61 Å². The lowest BCUT2D eigenvalue weighted by molar-refractivity contribution is -0.189. The molecule has 1 aliphatic carbocycles. The van der Waals surface area contributed by atoms with Crippen molar-refractivity contribution in [2.45, 2.75) is 44.3 Å². The number of para-hydroxylation sites is 1. The van der Waals surface area contributed by atoms with Gasteiger partial charge in [0, 0.05) is 11.4 Å². The van der Waals surface area contributed by atoms with Gasteiger partial charge in [-0.05, 0) is 18.9 Å². The van der Waals surface area contributed by atoms with Gasteiger partial charge in [-0.3, -0.25) is 14.7 Å². The summed E-state index contributed by atoms with van der Waals surface area (Å²) in [6, 6.07) is 6.24. The van der Waals surface area contributed by atoms with Crippen LogP contribution in [0.1, 0.15) is 31.4 Å². The summed E-state index contributed by atoms with van der Waals surface area (Å²) in [5.74, 6) is -2.93. The molecular weight excluding hydrogens is 363 g/mol. The number of rotatable bonds is 5. The number of aromatic nitrogens is 2. The number of fused-ring (bicyclic) bond motifs is 1. The minimum atomic E-state index is -4.35. The van der Waals surface area contributed by atoms with Gasteiger partial charge in [-0.2, -0.15) is 18.3 Å². The summed E-state index contributed by atoms with van der Waals surface area (Å²) in [5.41, 5.74) is 1.26. The quantitative estimate of drug-likeness (QED) is 0.778. The van der Waals surface area contributed by atoms with E-state index in [1.54, 1.807) is 18.2 Å². The fraction of sp³-hybridized carbons (Fsp3) is 0.500. The fourth-order valence-corrected chi connectivity index (χ4v) is 3.43. The van der Waals surface area contributed by atoms with Crippen molar-refractivity contribution in [1.82, 2.24) is 15.5 Å². The Morgan fingerprint density at radius 3 is 2.74 bits per heavy atom. The van der Waals surface area contributed by atoms with Crippen LogP contribution < -0.4 is 5.32 Å². The number of halogens is 3. The third-order valence-corrected chi connectivity index (χ3v) is 4.76. The summed E-state index contributed by atoms with van der Waals surface area (Å²) in [5, 5.41) is 9.94. The number of carbonyl (C=O) groups excluding carboxylic acids is 2. The van der Waals surface area contributed by atoms with E-state index in [0.717, 1.165) is 5.39 Å². The molecule has 0 aliphatic heterocycles. The number of amides is 1. The summed E-state index contributed by atoms with van der Waals surface area (Å²) in [7, 11) is 0. The first-order valence-electron chi connectivity index (χ1n) is 8.78. The second-order valence-corrected chi connectivity index (χ2v) is 6.66. The fourth-order valence-electron chi connectivity index (χ4n) is 3.43. The predicted molar refractivity (Wildman–Crippen MR) is 90.7 cm³/mol. The zero-order valence-corrected chi connectivity index (χ0v) is 14.5. The number of benzene rings is 1. The lowest BCUT2D eigenvalue weighted by Gasteiger charge is -2.33. The van der Waals surface area contributed by atoms with E-state index in [1.807, 2.05) is 6.07 Å². The third kappa shape index (κ3) is 4.78. The summed E-state index contributed by atoms with van der Waals surface area (Å²) < 4.78 is 44.1. The first-order valence-corrected chi connectivity index (χ1v) is 8.78. The van der Waals surface area contributed by atoms with Gasteiger partial charge >= 0.3 is 12.1 Å². The first-order chi connectivity index (χ1) is 12.8.